The number of aliphatic carboxylic acids is 1. The monoisotopic (exact) mass is 509 g/mol. The summed E-state index contributed by atoms with van der Waals surface area (Å²) in [5.41, 5.74) is 1.82. The first-order chi connectivity index (χ1) is 17.3. The SMILES string of the molecule is O=C(O)C1Cc2ccc(OCc3ccc4ccccc4c3)cc2N(Sc2cccc(C(F)(F)F)c2)C1. The summed E-state index contributed by atoms with van der Waals surface area (Å²) in [6.45, 7) is 0.513. The Kier molecular flexibility index (Phi) is 6.53. The van der Waals surface area contributed by atoms with Gasteiger partial charge in [-0.3, -0.25) is 4.79 Å². The van der Waals surface area contributed by atoms with E-state index in [0.29, 0.717) is 23.7 Å². The number of hydrogen-bond acceptors (Lipinski definition) is 4. The summed E-state index contributed by atoms with van der Waals surface area (Å²) in [6, 6.07) is 24.7. The Labute approximate surface area is 210 Å². The third-order valence-corrected chi connectivity index (χ3v) is 7.15. The zero-order valence-electron chi connectivity index (χ0n) is 19.0. The molecular weight excluding hydrogens is 487 g/mol. The van der Waals surface area contributed by atoms with Crippen molar-refractivity contribution in [3.63, 3.8) is 0 Å². The van der Waals surface area contributed by atoms with E-state index in [-0.39, 0.29) is 6.54 Å². The lowest BCUT2D eigenvalue weighted by Crippen LogP contribution is -2.35. The smallest absolute Gasteiger partial charge is 0.416 e. The number of alkyl halides is 3. The highest BCUT2D eigenvalue weighted by atomic mass is 32.2. The Morgan fingerprint density at radius 1 is 0.972 bits per heavy atom. The largest absolute Gasteiger partial charge is 0.489 e. The van der Waals surface area contributed by atoms with Gasteiger partial charge in [0.25, 0.3) is 0 Å². The molecule has 0 radical (unpaired) electrons. The van der Waals surface area contributed by atoms with Crippen LogP contribution in [0.5, 0.6) is 5.75 Å². The molecule has 0 spiro atoms. The van der Waals surface area contributed by atoms with Gasteiger partial charge in [-0.05, 0) is 70.6 Å². The van der Waals surface area contributed by atoms with Gasteiger partial charge in [0, 0.05) is 17.5 Å². The summed E-state index contributed by atoms with van der Waals surface area (Å²) >= 11 is 1.10. The summed E-state index contributed by atoms with van der Waals surface area (Å²) in [7, 11) is 0. The van der Waals surface area contributed by atoms with E-state index in [1.54, 1.807) is 16.4 Å². The van der Waals surface area contributed by atoms with Crippen LogP contribution in [0.4, 0.5) is 18.9 Å². The molecule has 1 N–H and O–H groups in total. The number of fused-ring (bicyclic) bond motifs is 2. The van der Waals surface area contributed by atoms with E-state index in [9.17, 15) is 23.1 Å². The number of anilines is 1. The van der Waals surface area contributed by atoms with Gasteiger partial charge in [-0.15, -0.1) is 0 Å². The fourth-order valence-corrected chi connectivity index (χ4v) is 5.37. The Hall–Kier alpha value is -3.65. The molecule has 184 valence electrons. The lowest BCUT2D eigenvalue weighted by molar-refractivity contribution is -0.141. The van der Waals surface area contributed by atoms with E-state index in [0.717, 1.165) is 51.7 Å². The minimum atomic E-state index is -4.45. The first-order valence-corrected chi connectivity index (χ1v) is 12.1. The normalized spacial score (nSPS) is 15.5. The molecular formula is C28H22F3NO3S. The van der Waals surface area contributed by atoms with Crippen molar-refractivity contribution in [3.8, 4) is 5.75 Å². The van der Waals surface area contributed by atoms with Crippen molar-refractivity contribution in [1.29, 1.82) is 0 Å². The second-order valence-corrected chi connectivity index (χ2v) is 9.77. The molecule has 4 aromatic rings. The number of rotatable bonds is 6. The third-order valence-electron chi connectivity index (χ3n) is 6.12. The maximum absolute atomic E-state index is 13.2. The van der Waals surface area contributed by atoms with Crippen LogP contribution in [0.25, 0.3) is 10.8 Å². The second-order valence-electron chi connectivity index (χ2n) is 8.68. The highest BCUT2D eigenvalue weighted by Gasteiger charge is 2.32. The quantitative estimate of drug-likeness (QED) is 0.278. The molecule has 0 aromatic heterocycles. The Bertz CT molecular complexity index is 1420. The molecule has 0 saturated carbocycles. The third kappa shape index (κ3) is 5.28. The standard InChI is InChI=1S/C28H22F3NO3S/c29-28(30,31)23-6-3-7-25(14-23)36-32-16-22(27(33)34)13-21-10-11-24(15-26(21)32)35-17-18-8-9-19-4-1-2-5-20(19)12-18/h1-12,14-15,22H,13,16-17H2,(H,33,34). The first-order valence-electron chi connectivity index (χ1n) is 11.4. The Balaban J connectivity index is 1.39. The fourth-order valence-electron chi connectivity index (χ4n) is 4.27. The van der Waals surface area contributed by atoms with Gasteiger partial charge in [0.05, 0.1) is 17.2 Å². The number of carboxylic acid groups (broad SMARTS) is 1. The summed E-state index contributed by atoms with van der Waals surface area (Å²) < 4.78 is 47.4. The number of carboxylic acids is 1. The highest BCUT2D eigenvalue weighted by Crippen LogP contribution is 2.40. The maximum atomic E-state index is 13.2. The minimum Gasteiger partial charge on any atom is -0.489 e. The Morgan fingerprint density at radius 2 is 1.78 bits per heavy atom. The van der Waals surface area contributed by atoms with Crippen molar-refractivity contribution < 1.29 is 27.8 Å². The molecule has 0 saturated heterocycles. The molecule has 1 atom stereocenters. The van der Waals surface area contributed by atoms with Crippen LogP contribution in [-0.2, 0) is 24.0 Å². The number of nitrogens with zero attached hydrogens (tertiary/aromatic N) is 1. The maximum Gasteiger partial charge on any atom is 0.416 e. The molecule has 1 heterocycles. The van der Waals surface area contributed by atoms with Crippen LogP contribution in [-0.4, -0.2) is 17.6 Å². The van der Waals surface area contributed by atoms with Crippen molar-refractivity contribution in [2.75, 3.05) is 10.8 Å². The molecule has 1 aliphatic heterocycles. The number of halogens is 3. The van der Waals surface area contributed by atoms with E-state index in [1.807, 2.05) is 48.5 Å². The molecule has 1 unspecified atom stereocenters. The molecule has 0 bridgehead atoms. The van der Waals surface area contributed by atoms with E-state index in [1.165, 1.54) is 6.07 Å². The summed E-state index contributed by atoms with van der Waals surface area (Å²) in [4.78, 5) is 12.1. The number of carbonyl (C=O) groups is 1. The highest BCUT2D eigenvalue weighted by molar-refractivity contribution is 8.00. The second kappa shape index (κ2) is 9.78. The van der Waals surface area contributed by atoms with E-state index < -0.39 is 23.6 Å². The van der Waals surface area contributed by atoms with Crippen LogP contribution in [0.3, 0.4) is 0 Å². The molecule has 36 heavy (non-hydrogen) atoms. The van der Waals surface area contributed by atoms with Crippen molar-refractivity contribution in [2.45, 2.75) is 24.1 Å². The van der Waals surface area contributed by atoms with Crippen molar-refractivity contribution in [2.24, 2.45) is 5.92 Å². The van der Waals surface area contributed by atoms with Crippen LogP contribution in [0.1, 0.15) is 16.7 Å². The van der Waals surface area contributed by atoms with Gasteiger partial charge in [-0.2, -0.15) is 13.2 Å². The zero-order valence-corrected chi connectivity index (χ0v) is 19.9. The van der Waals surface area contributed by atoms with Crippen LogP contribution in [0, 0.1) is 5.92 Å². The number of ether oxygens (including phenoxy) is 1. The lowest BCUT2D eigenvalue weighted by atomic mass is 9.94. The average Bonchev–Trinajstić information content (AvgIpc) is 2.87. The minimum absolute atomic E-state index is 0.164. The van der Waals surface area contributed by atoms with Gasteiger partial charge in [-0.1, -0.05) is 48.5 Å². The molecule has 0 aliphatic carbocycles. The van der Waals surface area contributed by atoms with E-state index >= 15 is 0 Å². The van der Waals surface area contributed by atoms with Gasteiger partial charge >= 0.3 is 12.1 Å². The van der Waals surface area contributed by atoms with Crippen LogP contribution < -0.4 is 9.04 Å². The predicted molar refractivity (Wildman–Crippen MR) is 134 cm³/mol. The van der Waals surface area contributed by atoms with Crippen LogP contribution in [0.15, 0.2) is 89.8 Å². The van der Waals surface area contributed by atoms with Gasteiger partial charge in [-0.25, -0.2) is 0 Å². The summed E-state index contributed by atoms with van der Waals surface area (Å²) in [6.07, 6.45) is -4.11. The average molecular weight is 510 g/mol. The molecule has 1 aliphatic rings. The lowest BCUT2D eigenvalue weighted by Gasteiger charge is -2.33. The Morgan fingerprint density at radius 3 is 2.56 bits per heavy atom. The fraction of sp³-hybridized carbons (Fsp3) is 0.179. The van der Waals surface area contributed by atoms with Crippen LogP contribution in [0.2, 0.25) is 0 Å². The summed E-state index contributed by atoms with van der Waals surface area (Å²) in [5.74, 6) is -1.00. The predicted octanol–water partition coefficient (Wildman–Crippen LogP) is 7.21. The van der Waals surface area contributed by atoms with Gasteiger partial charge in [0.15, 0.2) is 0 Å². The molecule has 5 rings (SSSR count). The van der Waals surface area contributed by atoms with E-state index in [4.69, 9.17) is 4.74 Å². The molecule has 8 heteroatoms. The van der Waals surface area contributed by atoms with Crippen molar-refractivity contribution in [1.82, 2.24) is 0 Å². The van der Waals surface area contributed by atoms with Crippen molar-refractivity contribution >= 4 is 34.4 Å². The molecule has 4 nitrogen and oxygen atoms in total. The van der Waals surface area contributed by atoms with Crippen LogP contribution >= 0.6 is 11.9 Å². The van der Waals surface area contributed by atoms with Gasteiger partial charge in [0.2, 0.25) is 0 Å². The number of hydrogen-bond donors (Lipinski definition) is 1. The van der Waals surface area contributed by atoms with E-state index in [2.05, 4.69) is 6.07 Å². The van der Waals surface area contributed by atoms with Gasteiger partial charge in [0.1, 0.15) is 12.4 Å². The zero-order chi connectivity index (χ0) is 25.3. The first kappa shape index (κ1) is 24.1. The molecule has 0 amide bonds. The van der Waals surface area contributed by atoms with Gasteiger partial charge < -0.3 is 14.1 Å². The summed E-state index contributed by atoms with van der Waals surface area (Å²) in [5, 5.41) is 11.9. The topological polar surface area (TPSA) is 49.8 Å². The van der Waals surface area contributed by atoms with Crippen molar-refractivity contribution in [3.05, 3.63) is 102 Å². The molecule has 0 fully saturated rings. The molecule has 4 aromatic carbocycles. The number of benzene rings is 4.